The number of aliphatic imine (C=N–C) groups is 1. The van der Waals surface area contributed by atoms with E-state index in [9.17, 15) is 22.8 Å². The van der Waals surface area contributed by atoms with Gasteiger partial charge >= 0.3 is 18.1 Å². The lowest BCUT2D eigenvalue weighted by Gasteiger charge is -2.05. The van der Waals surface area contributed by atoms with Crippen LogP contribution in [0.5, 0.6) is 0 Å². The first-order valence-electron chi connectivity index (χ1n) is 8.10. The number of hydrogen-bond donors (Lipinski definition) is 6. The van der Waals surface area contributed by atoms with Gasteiger partial charge in [0.05, 0.1) is 5.69 Å². The summed E-state index contributed by atoms with van der Waals surface area (Å²) in [6, 6.07) is 0. The largest absolute Gasteiger partial charge is 0.478 e. The number of carboxylic acid groups (broad SMARTS) is 2. The number of anilines is 1. The molecule has 7 N–H and O–H groups in total. The number of rotatable bonds is 8. The standard InChI is InChI=1S/C11H17F3N6S2.C4H4O4/c1-16-9(21)17-4-2-3-7-5-22-10(19-7)20-8(15)18-6-11(12,13)14;5-3(6)1-2-4(7)8/h5H,2-4,6H2,1H3,(H2,16,17,21)(H3,15,18,19,20);1-2H,(H,5,6)(H,7,8). The van der Waals surface area contributed by atoms with Gasteiger partial charge in [-0.15, -0.1) is 11.3 Å². The number of nitrogens with two attached hydrogens (primary N) is 1. The van der Waals surface area contributed by atoms with Gasteiger partial charge in [-0.25, -0.2) is 19.6 Å². The van der Waals surface area contributed by atoms with Gasteiger partial charge in [0, 0.05) is 31.1 Å². The lowest BCUT2D eigenvalue weighted by Crippen LogP contribution is -2.33. The molecule has 0 bridgehead atoms. The average molecular weight is 470 g/mol. The van der Waals surface area contributed by atoms with Gasteiger partial charge in [0.25, 0.3) is 0 Å². The first-order chi connectivity index (χ1) is 13.9. The van der Waals surface area contributed by atoms with Crippen LogP contribution in [-0.2, 0) is 16.0 Å². The lowest BCUT2D eigenvalue weighted by atomic mass is 10.2. The fraction of sp³-hybridized carbons (Fsp3) is 0.400. The highest BCUT2D eigenvalue weighted by Gasteiger charge is 2.26. The molecule has 1 aromatic rings. The van der Waals surface area contributed by atoms with Crippen molar-refractivity contribution >= 4 is 51.7 Å². The van der Waals surface area contributed by atoms with Crippen LogP contribution in [0.1, 0.15) is 12.1 Å². The Labute approximate surface area is 179 Å². The van der Waals surface area contributed by atoms with Crippen LogP contribution in [0.25, 0.3) is 0 Å². The number of nitrogens with one attached hydrogen (secondary N) is 3. The molecule has 0 fully saturated rings. The molecular weight excluding hydrogens is 449 g/mol. The SMILES string of the molecule is CNC(=S)NCCCc1csc(NC(N)=NCC(F)(F)F)n1.O=C(O)C=CC(=O)O. The van der Waals surface area contributed by atoms with Crippen LogP contribution in [0.2, 0.25) is 0 Å². The van der Waals surface area contributed by atoms with Crippen LogP contribution >= 0.6 is 23.6 Å². The Balaban J connectivity index is 0.000000890. The Bertz CT molecular complexity index is 752. The first kappa shape index (κ1) is 27.1. The van der Waals surface area contributed by atoms with E-state index in [1.54, 1.807) is 7.05 Å². The van der Waals surface area contributed by atoms with E-state index >= 15 is 0 Å². The molecule has 0 saturated carbocycles. The van der Waals surface area contributed by atoms with Gasteiger partial charge in [-0.1, -0.05) is 0 Å². The maximum absolute atomic E-state index is 12.0. The third kappa shape index (κ3) is 16.1. The number of aryl methyl sites for hydroxylation is 1. The van der Waals surface area contributed by atoms with Crippen LogP contribution in [0.15, 0.2) is 22.5 Å². The zero-order valence-electron chi connectivity index (χ0n) is 15.7. The molecule has 1 rings (SSSR count). The van der Waals surface area contributed by atoms with Gasteiger partial charge in [-0.2, -0.15) is 13.2 Å². The predicted octanol–water partition coefficient (Wildman–Crippen LogP) is 1.17. The zero-order valence-corrected chi connectivity index (χ0v) is 17.3. The summed E-state index contributed by atoms with van der Waals surface area (Å²) in [5.74, 6) is -2.82. The van der Waals surface area contributed by atoms with Crippen LogP contribution < -0.4 is 21.7 Å². The summed E-state index contributed by atoms with van der Waals surface area (Å²) in [6.07, 6.45) is -1.72. The minimum absolute atomic E-state index is 0.306. The molecule has 0 saturated heterocycles. The third-order valence-corrected chi connectivity index (χ3v) is 3.86. The van der Waals surface area contributed by atoms with Gasteiger partial charge in [0.2, 0.25) is 0 Å². The van der Waals surface area contributed by atoms with Crippen LogP contribution in [0.4, 0.5) is 18.3 Å². The average Bonchev–Trinajstić information content (AvgIpc) is 3.08. The summed E-state index contributed by atoms with van der Waals surface area (Å²) < 4.78 is 36.0. The summed E-state index contributed by atoms with van der Waals surface area (Å²) in [5.41, 5.74) is 6.19. The van der Waals surface area contributed by atoms with Crippen molar-refractivity contribution in [2.45, 2.75) is 19.0 Å². The molecule has 0 aromatic carbocycles. The molecule has 1 heterocycles. The predicted molar refractivity (Wildman–Crippen MR) is 111 cm³/mol. The number of guanidine groups is 1. The fourth-order valence-corrected chi connectivity index (χ4v) is 2.36. The van der Waals surface area contributed by atoms with Crippen molar-refractivity contribution in [2.24, 2.45) is 10.7 Å². The van der Waals surface area contributed by atoms with E-state index in [2.05, 4.69) is 25.9 Å². The second-order valence-corrected chi connectivity index (χ2v) is 6.47. The van der Waals surface area contributed by atoms with Gasteiger partial charge in [0.1, 0.15) is 6.54 Å². The minimum Gasteiger partial charge on any atom is -0.478 e. The molecule has 0 aliphatic carbocycles. The highest BCUT2D eigenvalue weighted by molar-refractivity contribution is 7.80. The van der Waals surface area contributed by atoms with Gasteiger partial charge in [0.15, 0.2) is 16.2 Å². The molecule has 0 atom stereocenters. The van der Waals surface area contributed by atoms with Crippen molar-refractivity contribution in [1.29, 1.82) is 0 Å². The Morgan fingerprint density at radius 1 is 1.33 bits per heavy atom. The summed E-state index contributed by atoms with van der Waals surface area (Å²) in [4.78, 5) is 26.5. The Hall–Kier alpha value is -2.94. The molecule has 0 radical (unpaired) electrons. The van der Waals surface area contributed by atoms with E-state index in [4.69, 9.17) is 28.2 Å². The number of carbonyl (C=O) groups is 2. The number of alkyl halides is 3. The van der Waals surface area contributed by atoms with E-state index in [1.165, 1.54) is 11.3 Å². The molecule has 30 heavy (non-hydrogen) atoms. The van der Waals surface area contributed by atoms with E-state index in [0.717, 1.165) is 18.5 Å². The number of hydrogen-bond acceptors (Lipinski definition) is 6. The molecule has 10 nitrogen and oxygen atoms in total. The summed E-state index contributed by atoms with van der Waals surface area (Å²) in [5, 5.41) is 26.8. The normalized spacial score (nSPS) is 11.4. The molecule has 0 amide bonds. The van der Waals surface area contributed by atoms with Crippen molar-refractivity contribution in [3.8, 4) is 0 Å². The van der Waals surface area contributed by atoms with Crippen LogP contribution in [0.3, 0.4) is 0 Å². The van der Waals surface area contributed by atoms with E-state index in [-0.39, 0.29) is 5.96 Å². The van der Waals surface area contributed by atoms with Crippen molar-refractivity contribution in [1.82, 2.24) is 15.6 Å². The number of carboxylic acids is 2. The molecule has 0 aliphatic rings. The van der Waals surface area contributed by atoms with Gasteiger partial charge < -0.3 is 31.9 Å². The Kier molecular flexibility index (Phi) is 12.7. The molecular formula is C15H21F3N6O4S2. The maximum atomic E-state index is 12.0. The fourth-order valence-electron chi connectivity index (χ4n) is 1.51. The highest BCUT2D eigenvalue weighted by Crippen LogP contribution is 2.17. The number of thiazole rings is 1. The monoisotopic (exact) mass is 470 g/mol. The number of halogens is 3. The Morgan fingerprint density at radius 3 is 2.43 bits per heavy atom. The maximum Gasteiger partial charge on any atom is 0.408 e. The summed E-state index contributed by atoms with van der Waals surface area (Å²) in [7, 11) is 1.73. The van der Waals surface area contributed by atoms with E-state index in [0.29, 0.717) is 28.9 Å². The minimum atomic E-state index is -4.37. The number of aromatic nitrogens is 1. The van der Waals surface area contributed by atoms with Crippen molar-refractivity contribution in [2.75, 3.05) is 25.5 Å². The van der Waals surface area contributed by atoms with Gasteiger partial charge in [-0.3, -0.25) is 0 Å². The van der Waals surface area contributed by atoms with Crippen molar-refractivity contribution in [3.05, 3.63) is 23.2 Å². The molecule has 0 unspecified atom stereocenters. The number of thiocarbonyl (C=S) groups is 1. The topological polar surface area (TPSA) is 162 Å². The van der Waals surface area contributed by atoms with Crippen LogP contribution in [-0.4, -0.2) is 64.5 Å². The van der Waals surface area contributed by atoms with Crippen molar-refractivity contribution < 1.29 is 33.0 Å². The van der Waals surface area contributed by atoms with E-state index < -0.39 is 24.7 Å². The second-order valence-electron chi connectivity index (χ2n) is 5.20. The molecule has 0 aliphatic heterocycles. The van der Waals surface area contributed by atoms with Crippen LogP contribution in [0, 0.1) is 0 Å². The first-order valence-corrected chi connectivity index (χ1v) is 9.39. The highest BCUT2D eigenvalue weighted by atomic mass is 32.1. The van der Waals surface area contributed by atoms with Gasteiger partial charge in [-0.05, 0) is 25.1 Å². The Morgan fingerprint density at radius 2 is 1.93 bits per heavy atom. The number of nitrogens with zero attached hydrogens (tertiary/aromatic N) is 2. The summed E-state index contributed by atoms with van der Waals surface area (Å²) >= 11 is 6.19. The molecule has 168 valence electrons. The van der Waals surface area contributed by atoms with Crippen molar-refractivity contribution in [3.63, 3.8) is 0 Å². The van der Waals surface area contributed by atoms with E-state index in [1.807, 2.05) is 5.38 Å². The molecule has 0 spiro atoms. The second kappa shape index (κ2) is 14.1. The zero-order chi connectivity index (χ0) is 23.2. The smallest absolute Gasteiger partial charge is 0.408 e. The summed E-state index contributed by atoms with van der Waals surface area (Å²) in [6.45, 7) is -0.615. The quantitative estimate of drug-likeness (QED) is 0.107. The molecule has 1 aromatic heterocycles. The number of aliphatic carboxylic acids is 2. The molecule has 15 heteroatoms. The lowest BCUT2D eigenvalue weighted by molar-refractivity contribution is -0.134. The third-order valence-electron chi connectivity index (χ3n) is 2.71.